The molecular weight excluding hydrogens is 370 g/mol. The lowest BCUT2D eigenvalue weighted by molar-refractivity contribution is 0.288. The zero-order chi connectivity index (χ0) is 17.3. The van der Waals surface area contributed by atoms with E-state index in [4.69, 9.17) is 9.47 Å². The normalized spacial score (nSPS) is 11.0. The van der Waals surface area contributed by atoms with Crippen molar-refractivity contribution in [2.24, 2.45) is 0 Å². The Kier molecular flexibility index (Phi) is 4.76. The Balaban J connectivity index is 2.10. The van der Waals surface area contributed by atoms with Crippen molar-refractivity contribution in [3.05, 3.63) is 40.3 Å². The maximum Gasteiger partial charge on any atom is 0.234 e. The van der Waals surface area contributed by atoms with E-state index in [2.05, 4.69) is 25.9 Å². The van der Waals surface area contributed by atoms with Gasteiger partial charge in [-0.25, -0.2) is 9.97 Å². The van der Waals surface area contributed by atoms with Crippen LogP contribution >= 0.6 is 15.9 Å². The van der Waals surface area contributed by atoms with Crippen LogP contribution in [0.25, 0.3) is 17.0 Å². The van der Waals surface area contributed by atoms with E-state index in [0.29, 0.717) is 19.0 Å². The van der Waals surface area contributed by atoms with Crippen LogP contribution in [0.5, 0.6) is 11.5 Å². The highest BCUT2D eigenvalue weighted by Crippen LogP contribution is 2.33. The van der Waals surface area contributed by atoms with E-state index in [0.717, 1.165) is 38.6 Å². The van der Waals surface area contributed by atoms with Gasteiger partial charge in [-0.05, 0) is 61.8 Å². The third-order valence-electron chi connectivity index (χ3n) is 3.79. The SMILES string of the molecule is CCOc1ccc(-c2cn3c(C)c(Br)c(C)nc3n2)cc1OCC. The van der Waals surface area contributed by atoms with Crippen molar-refractivity contribution < 1.29 is 9.47 Å². The van der Waals surface area contributed by atoms with E-state index >= 15 is 0 Å². The average Bonchev–Trinajstić information content (AvgIpc) is 2.99. The summed E-state index contributed by atoms with van der Waals surface area (Å²) in [4.78, 5) is 9.19. The maximum atomic E-state index is 5.71. The molecular formula is C18H20BrN3O2. The van der Waals surface area contributed by atoms with Crippen LogP contribution in [0.3, 0.4) is 0 Å². The molecule has 0 aliphatic carbocycles. The summed E-state index contributed by atoms with van der Waals surface area (Å²) in [5, 5.41) is 0. The lowest BCUT2D eigenvalue weighted by Gasteiger charge is -2.11. The Morgan fingerprint density at radius 3 is 2.46 bits per heavy atom. The Morgan fingerprint density at radius 2 is 1.75 bits per heavy atom. The monoisotopic (exact) mass is 389 g/mol. The van der Waals surface area contributed by atoms with Crippen LogP contribution in [0.4, 0.5) is 0 Å². The highest BCUT2D eigenvalue weighted by Gasteiger charge is 2.13. The first-order chi connectivity index (χ1) is 11.5. The average molecular weight is 390 g/mol. The van der Waals surface area contributed by atoms with E-state index in [-0.39, 0.29) is 0 Å². The number of rotatable bonds is 5. The van der Waals surface area contributed by atoms with Gasteiger partial charge in [0.25, 0.3) is 0 Å². The number of hydrogen-bond acceptors (Lipinski definition) is 4. The number of aromatic nitrogens is 3. The van der Waals surface area contributed by atoms with Gasteiger partial charge in [0, 0.05) is 17.5 Å². The molecule has 0 bridgehead atoms. The molecule has 0 N–H and O–H groups in total. The van der Waals surface area contributed by atoms with Crippen LogP contribution in [0.15, 0.2) is 28.9 Å². The molecule has 0 atom stereocenters. The largest absolute Gasteiger partial charge is 0.490 e. The maximum absolute atomic E-state index is 5.71. The van der Waals surface area contributed by atoms with Crippen molar-refractivity contribution in [3.63, 3.8) is 0 Å². The minimum atomic E-state index is 0.585. The van der Waals surface area contributed by atoms with Crippen LogP contribution < -0.4 is 9.47 Å². The van der Waals surface area contributed by atoms with E-state index in [1.165, 1.54) is 0 Å². The molecule has 24 heavy (non-hydrogen) atoms. The van der Waals surface area contributed by atoms with Gasteiger partial charge >= 0.3 is 0 Å². The van der Waals surface area contributed by atoms with Crippen LogP contribution in [0.1, 0.15) is 25.2 Å². The molecule has 3 rings (SSSR count). The molecule has 126 valence electrons. The molecule has 0 aliphatic heterocycles. The van der Waals surface area contributed by atoms with Crippen molar-refractivity contribution in [2.75, 3.05) is 13.2 Å². The van der Waals surface area contributed by atoms with Gasteiger partial charge in [0.05, 0.1) is 29.1 Å². The second-order valence-corrected chi connectivity index (χ2v) is 6.21. The summed E-state index contributed by atoms with van der Waals surface area (Å²) in [6, 6.07) is 5.88. The van der Waals surface area contributed by atoms with Crippen molar-refractivity contribution in [2.45, 2.75) is 27.7 Å². The molecule has 0 spiro atoms. The molecule has 0 fully saturated rings. The first-order valence-electron chi connectivity index (χ1n) is 7.97. The number of hydrogen-bond donors (Lipinski definition) is 0. The molecule has 0 saturated heterocycles. The Bertz CT molecular complexity index is 890. The minimum Gasteiger partial charge on any atom is -0.490 e. The molecule has 2 aromatic heterocycles. The number of fused-ring (bicyclic) bond motifs is 1. The number of benzene rings is 1. The fraction of sp³-hybridized carbons (Fsp3) is 0.333. The standard InChI is InChI=1S/C18H20BrN3O2/c1-5-23-15-8-7-13(9-16(15)24-6-2)14-10-22-12(4)17(19)11(3)20-18(22)21-14/h7-10H,5-6H2,1-4H3. The summed E-state index contributed by atoms with van der Waals surface area (Å²) in [6.07, 6.45) is 1.99. The first kappa shape index (κ1) is 16.8. The van der Waals surface area contributed by atoms with Crippen molar-refractivity contribution in [3.8, 4) is 22.8 Å². The Labute approximate surface area is 149 Å². The summed E-state index contributed by atoms with van der Waals surface area (Å²) >= 11 is 3.58. The van der Waals surface area contributed by atoms with Crippen molar-refractivity contribution in [1.29, 1.82) is 0 Å². The van der Waals surface area contributed by atoms with Gasteiger partial charge < -0.3 is 9.47 Å². The smallest absolute Gasteiger partial charge is 0.234 e. The van der Waals surface area contributed by atoms with Gasteiger partial charge in [0.1, 0.15) is 0 Å². The second kappa shape index (κ2) is 6.81. The van der Waals surface area contributed by atoms with Crippen molar-refractivity contribution in [1.82, 2.24) is 14.4 Å². The highest BCUT2D eigenvalue weighted by atomic mass is 79.9. The molecule has 3 aromatic rings. The number of ether oxygens (including phenoxy) is 2. The lowest BCUT2D eigenvalue weighted by Crippen LogP contribution is -1.98. The molecule has 6 heteroatoms. The Morgan fingerprint density at radius 1 is 1.04 bits per heavy atom. The predicted molar refractivity (Wildman–Crippen MR) is 97.9 cm³/mol. The molecule has 5 nitrogen and oxygen atoms in total. The van der Waals surface area contributed by atoms with Gasteiger partial charge in [-0.15, -0.1) is 0 Å². The lowest BCUT2D eigenvalue weighted by atomic mass is 10.1. The zero-order valence-corrected chi connectivity index (χ0v) is 15.8. The predicted octanol–water partition coefficient (Wildman–Crippen LogP) is 4.57. The number of nitrogens with zero attached hydrogens (tertiary/aromatic N) is 3. The zero-order valence-electron chi connectivity index (χ0n) is 14.3. The molecule has 2 heterocycles. The van der Waals surface area contributed by atoms with Crippen LogP contribution in [-0.2, 0) is 0 Å². The van der Waals surface area contributed by atoms with Crippen LogP contribution in [0, 0.1) is 13.8 Å². The summed E-state index contributed by atoms with van der Waals surface area (Å²) in [7, 11) is 0. The van der Waals surface area contributed by atoms with Gasteiger partial charge in [0.2, 0.25) is 5.78 Å². The summed E-state index contributed by atoms with van der Waals surface area (Å²) in [5.74, 6) is 2.17. The van der Waals surface area contributed by atoms with E-state index in [1.54, 1.807) is 0 Å². The number of imidazole rings is 1. The van der Waals surface area contributed by atoms with Gasteiger partial charge in [-0.2, -0.15) is 0 Å². The minimum absolute atomic E-state index is 0.585. The summed E-state index contributed by atoms with van der Waals surface area (Å²) < 4.78 is 14.3. The number of aryl methyl sites for hydroxylation is 2. The summed E-state index contributed by atoms with van der Waals surface area (Å²) in [6.45, 7) is 9.11. The van der Waals surface area contributed by atoms with Crippen LogP contribution in [0.2, 0.25) is 0 Å². The highest BCUT2D eigenvalue weighted by molar-refractivity contribution is 9.10. The van der Waals surface area contributed by atoms with E-state index in [9.17, 15) is 0 Å². The second-order valence-electron chi connectivity index (χ2n) is 5.42. The molecule has 1 aromatic carbocycles. The fourth-order valence-corrected chi connectivity index (χ4v) is 2.89. The first-order valence-corrected chi connectivity index (χ1v) is 8.76. The van der Waals surface area contributed by atoms with Crippen LogP contribution in [-0.4, -0.2) is 27.6 Å². The van der Waals surface area contributed by atoms with Crippen molar-refractivity contribution >= 4 is 21.7 Å². The topological polar surface area (TPSA) is 48.7 Å². The molecule has 0 radical (unpaired) electrons. The Hall–Kier alpha value is -2.08. The molecule has 0 unspecified atom stereocenters. The molecule has 0 amide bonds. The van der Waals surface area contributed by atoms with Gasteiger partial charge in [-0.3, -0.25) is 4.40 Å². The number of halogens is 1. The summed E-state index contributed by atoms with van der Waals surface area (Å²) in [5.41, 5.74) is 3.83. The quantitative estimate of drug-likeness (QED) is 0.640. The van der Waals surface area contributed by atoms with E-state index in [1.807, 2.05) is 56.5 Å². The van der Waals surface area contributed by atoms with E-state index < -0.39 is 0 Å². The van der Waals surface area contributed by atoms with Gasteiger partial charge in [-0.1, -0.05) is 0 Å². The van der Waals surface area contributed by atoms with Gasteiger partial charge in [0.15, 0.2) is 11.5 Å². The third kappa shape index (κ3) is 2.98. The molecule has 0 aliphatic rings. The third-order valence-corrected chi connectivity index (χ3v) is 4.94. The molecule has 0 saturated carbocycles. The fourth-order valence-electron chi connectivity index (χ4n) is 2.61.